The molecule has 196 valence electrons. The molecule has 1 aliphatic heterocycles. The Morgan fingerprint density at radius 2 is 2.00 bits per heavy atom. The average Bonchev–Trinajstić information content (AvgIpc) is 3.44. The number of rotatable bonds is 7. The summed E-state index contributed by atoms with van der Waals surface area (Å²) in [4.78, 5) is 23.6. The highest BCUT2D eigenvalue weighted by atomic mass is 19.4. The predicted octanol–water partition coefficient (Wildman–Crippen LogP) is 4.66. The Labute approximate surface area is 211 Å². The van der Waals surface area contributed by atoms with Crippen LogP contribution in [-0.2, 0) is 6.18 Å². The number of oxazole rings is 1. The second-order valence-electron chi connectivity index (χ2n) is 9.60. The van der Waals surface area contributed by atoms with Crippen LogP contribution in [0, 0.1) is 5.92 Å². The fourth-order valence-electron chi connectivity index (χ4n) is 4.69. The molecule has 0 spiro atoms. The minimum atomic E-state index is -4.62. The van der Waals surface area contributed by atoms with E-state index in [1.165, 1.54) is 32.1 Å². The van der Waals surface area contributed by atoms with Crippen LogP contribution >= 0.6 is 0 Å². The van der Waals surface area contributed by atoms with Gasteiger partial charge < -0.3 is 25.1 Å². The van der Waals surface area contributed by atoms with Crippen LogP contribution < -0.4 is 15.8 Å². The molecule has 1 unspecified atom stereocenters. The molecular formula is C26H28F3N5O3. The number of ether oxygens (including phenoxy) is 1. The fraction of sp³-hybridized carbons (Fsp3) is 0.423. The molecule has 3 aromatic rings. The van der Waals surface area contributed by atoms with Gasteiger partial charge in [-0.1, -0.05) is 6.58 Å². The average molecular weight is 516 g/mol. The van der Waals surface area contributed by atoms with Gasteiger partial charge in [0.05, 0.1) is 13.2 Å². The Hall–Kier alpha value is -3.60. The summed E-state index contributed by atoms with van der Waals surface area (Å²) < 4.78 is 51.0. The van der Waals surface area contributed by atoms with E-state index >= 15 is 0 Å². The van der Waals surface area contributed by atoms with Gasteiger partial charge in [-0.05, 0) is 56.4 Å². The van der Waals surface area contributed by atoms with Gasteiger partial charge >= 0.3 is 6.18 Å². The SMILES string of the molecule is C=C(C1CC1)N1CCC(NC(=O)c2nc(-c3ccc(OC)c4nc(C(F)(F)F)ccc34)oc2[C@H](C)N)C1. The smallest absolute Gasteiger partial charge is 0.433 e. The summed E-state index contributed by atoms with van der Waals surface area (Å²) >= 11 is 0. The van der Waals surface area contributed by atoms with Crippen LogP contribution in [0.4, 0.5) is 13.2 Å². The van der Waals surface area contributed by atoms with Crippen LogP contribution in [0.5, 0.6) is 5.75 Å². The molecule has 1 saturated carbocycles. The van der Waals surface area contributed by atoms with E-state index in [0.29, 0.717) is 23.4 Å². The third kappa shape index (κ3) is 4.87. The molecule has 0 radical (unpaired) electrons. The van der Waals surface area contributed by atoms with E-state index in [1.54, 1.807) is 13.0 Å². The number of halogens is 3. The molecule has 0 bridgehead atoms. The lowest BCUT2D eigenvalue weighted by Crippen LogP contribution is -2.37. The van der Waals surface area contributed by atoms with Gasteiger partial charge in [-0.3, -0.25) is 4.79 Å². The normalized spacial score (nSPS) is 18.8. The Morgan fingerprint density at radius 3 is 2.65 bits per heavy atom. The maximum absolute atomic E-state index is 13.3. The Kier molecular flexibility index (Phi) is 6.35. The molecule has 1 aliphatic carbocycles. The summed E-state index contributed by atoms with van der Waals surface area (Å²) in [7, 11) is 1.35. The van der Waals surface area contributed by atoms with Crippen LogP contribution in [0.1, 0.15) is 54.2 Å². The lowest BCUT2D eigenvalue weighted by atomic mass is 10.1. The maximum atomic E-state index is 13.3. The molecule has 11 heteroatoms. The van der Waals surface area contributed by atoms with Crippen LogP contribution in [0.25, 0.3) is 22.4 Å². The number of benzene rings is 1. The molecule has 1 aromatic carbocycles. The number of carbonyl (C=O) groups is 1. The molecular weight excluding hydrogens is 487 g/mol. The molecule has 2 aliphatic rings. The van der Waals surface area contributed by atoms with Crippen LogP contribution in [0.15, 0.2) is 41.0 Å². The number of hydrogen-bond acceptors (Lipinski definition) is 7. The molecule has 2 aromatic heterocycles. The van der Waals surface area contributed by atoms with E-state index in [4.69, 9.17) is 14.9 Å². The number of methoxy groups -OCH3 is 1. The summed E-state index contributed by atoms with van der Waals surface area (Å²) in [6.07, 6.45) is -1.50. The van der Waals surface area contributed by atoms with Crippen LogP contribution in [0.3, 0.4) is 0 Å². The topological polar surface area (TPSA) is 107 Å². The second kappa shape index (κ2) is 9.37. The molecule has 1 saturated heterocycles. The number of nitrogens with zero attached hydrogens (tertiary/aromatic N) is 3. The van der Waals surface area contributed by atoms with Gasteiger partial charge in [0.1, 0.15) is 17.0 Å². The summed E-state index contributed by atoms with van der Waals surface area (Å²) in [6.45, 7) is 7.37. The zero-order valence-corrected chi connectivity index (χ0v) is 20.6. The monoisotopic (exact) mass is 515 g/mol. The number of pyridine rings is 1. The highest BCUT2D eigenvalue weighted by Crippen LogP contribution is 2.39. The number of alkyl halides is 3. The number of nitrogens with one attached hydrogen (secondary N) is 1. The lowest BCUT2D eigenvalue weighted by Gasteiger charge is -2.21. The zero-order valence-electron chi connectivity index (χ0n) is 20.6. The van der Waals surface area contributed by atoms with E-state index in [-0.39, 0.29) is 34.7 Å². The molecule has 5 rings (SSSR count). The standard InChI is InChI=1S/C26H28F3N5O3/c1-13(30)23-22(24(35)31-16-10-11-34(12-16)14(2)15-4-5-15)33-25(37-23)18-6-8-19(36-3)21-17(18)7-9-20(32-21)26(27,28)29/h6-9,13,15-16H,2,4-5,10-12,30H2,1,3H3,(H,31,35)/t13-,16?/m0/s1. The number of fused-ring (bicyclic) bond motifs is 1. The number of allylic oxidation sites excluding steroid dienone is 1. The first-order valence-corrected chi connectivity index (χ1v) is 12.1. The first kappa shape index (κ1) is 25.1. The Balaban J connectivity index is 1.46. The van der Waals surface area contributed by atoms with E-state index in [1.807, 2.05) is 0 Å². The molecule has 2 atom stereocenters. The predicted molar refractivity (Wildman–Crippen MR) is 131 cm³/mol. The van der Waals surface area contributed by atoms with Crippen molar-refractivity contribution >= 4 is 16.8 Å². The van der Waals surface area contributed by atoms with Gasteiger partial charge in [-0.2, -0.15) is 13.2 Å². The third-order valence-electron chi connectivity index (χ3n) is 6.82. The lowest BCUT2D eigenvalue weighted by molar-refractivity contribution is -0.140. The number of aromatic nitrogens is 2. The maximum Gasteiger partial charge on any atom is 0.433 e. The molecule has 2 fully saturated rings. The van der Waals surface area contributed by atoms with Crippen molar-refractivity contribution in [1.29, 1.82) is 0 Å². The third-order valence-corrected chi connectivity index (χ3v) is 6.82. The second-order valence-corrected chi connectivity index (χ2v) is 9.60. The van der Waals surface area contributed by atoms with Crippen molar-refractivity contribution in [2.75, 3.05) is 20.2 Å². The van der Waals surface area contributed by atoms with E-state index in [0.717, 1.165) is 24.7 Å². The molecule has 37 heavy (non-hydrogen) atoms. The van der Waals surface area contributed by atoms with Gasteiger partial charge in [-0.15, -0.1) is 0 Å². The fourth-order valence-corrected chi connectivity index (χ4v) is 4.69. The number of carbonyl (C=O) groups excluding carboxylic acids is 1. The van der Waals surface area contributed by atoms with Crippen LogP contribution in [0.2, 0.25) is 0 Å². The highest BCUT2D eigenvalue weighted by molar-refractivity contribution is 5.98. The summed E-state index contributed by atoms with van der Waals surface area (Å²) in [6, 6.07) is 4.55. The van der Waals surface area contributed by atoms with Gasteiger partial charge in [-0.25, -0.2) is 9.97 Å². The van der Waals surface area contributed by atoms with Gasteiger partial charge in [0, 0.05) is 35.8 Å². The van der Waals surface area contributed by atoms with Crippen molar-refractivity contribution in [1.82, 2.24) is 20.2 Å². The minimum Gasteiger partial charge on any atom is -0.494 e. The zero-order chi connectivity index (χ0) is 26.5. The number of amides is 1. The number of hydrogen-bond donors (Lipinski definition) is 2. The molecule has 3 heterocycles. The number of likely N-dealkylation sites (tertiary alicyclic amines) is 1. The molecule has 1 amide bonds. The Morgan fingerprint density at radius 1 is 1.24 bits per heavy atom. The summed E-state index contributed by atoms with van der Waals surface area (Å²) in [5.74, 6) is 0.551. The van der Waals surface area contributed by atoms with Crippen molar-refractivity contribution in [2.24, 2.45) is 11.7 Å². The van der Waals surface area contributed by atoms with Crippen molar-refractivity contribution in [2.45, 2.75) is 44.4 Å². The largest absolute Gasteiger partial charge is 0.494 e. The van der Waals surface area contributed by atoms with Gasteiger partial charge in [0.25, 0.3) is 5.91 Å². The summed E-state index contributed by atoms with van der Waals surface area (Å²) in [5, 5.41) is 3.36. The van der Waals surface area contributed by atoms with E-state index in [9.17, 15) is 18.0 Å². The minimum absolute atomic E-state index is 0.00307. The van der Waals surface area contributed by atoms with Crippen molar-refractivity contribution in [3.05, 3.63) is 53.7 Å². The molecule has 3 N–H and O–H groups in total. The first-order chi connectivity index (χ1) is 17.6. The van der Waals surface area contributed by atoms with Crippen molar-refractivity contribution in [3.63, 3.8) is 0 Å². The molecule has 8 nitrogen and oxygen atoms in total. The van der Waals surface area contributed by atoms with Crippen molar-refractivity contribution < 1.29 is 27.1 Å². The van der Waals surface area contributed by atoms with Gasteiger partial charge in [0.15, 0.2) is 11.5 Å². The number of nitrogens with two attached hydrogens (primary N) is 1. The quantitative estimate of drug-likeness (QED) is 0.471. The first-order valence-electron chi connectivity index (χ1n) is 12.1. The van der Waals surface area contributed by atoms with E-state index in [2.05, 4.69) is 26.8 Å². The Bertz CT molecular complexity index is 1360. The highest BCUT2D eigenvalue weighted by Gasteiger charge is 2.35. The van der Waals surface area contributed by atoms with E-state index < -0.39 is 23.8 Å². The van der Waals surface area contributed by atoms with Crippen LogP contribution in [-0.4, -0.2) is 47.0 Å². The van der Waals surface area contributed by atoms with Crippen molar-refractivity contribution in [3.8, 4) is 17.2 Å². The van der Waals surface area contributed by atoms with Gasteiger partial charge in [0.2, 0.25) is 5.89 Å². The summed E-state index contributed by atoms with van der Waals surface area (Å²) in [5.41, 5.74) is 6.59.